The van der Waals surface area contributed by atoms with Crippen LogP contribution in [0.4, 0.5) is 0 Å². The molecule has 2 aromatic carbocycles. The molecule has 124 valence electrons. The van der Waals surface area contributed by atoms with Crippen molar-refractivity contribution in [1.29, 1.82) is 0 Å². The molecule has 0 atom stereocenters. The molecule has 4 heteroatoms. The zero-order valence-electron chi connectivity index (χ0n) is 13.8. The van der Waals surface area contributed by atoms with Crippen molar-refractivity contribution in [3.05, 3.63) is 89.6 Å². The number of nitrogens with zero attached hydrogens (tertiary/aromatic N) is 2. The summed E-state index contributed by atoms with van der Waals surface area (Å²) in [6.45, 7) is 1.42. The first kappa shape index (κ1) is 15.9. The second kappa shape index (κ2) is 7.11. The summed E-state index contributed by atoms with van der Waals surface area (Å²) in [7, 11) is 0. The van der Waals surface area contributed by atoms with Crippen molar-refractivity contribution in [1.82, 2.24) is 9.88 Å². The molecule has 0 aliphatic carbocycles. The average molecular weight is 346 g/mol. The van der Waals surface area contributed by atoms with Crippen molar-refractivity contribution in [2.75, 3.05) is 6.54 Å². The maximum Gasteiger partial charge on any atom is 0.256 e. The minimum absolute atomic E-state index is 0.0565. The highest BCUT2D eigenvalue weighted by atomic mass is 32.2. The maximum atomic E-state index is 13.1. The van der Waals surface area contributed by atoms with Crippen LogP contribution in [0.5, 0.6) is 0 Å². The summed E-state index contributed by atoms with van der Waals surface area (Å²) < 4.78 is 0. The number of aromatic nitrogens is 1. The maximum absolute atomic E-state index is 13.1. The predicted molar refractivity (Wildman–Crippen MR) is 99.7 cm³/mol. The number of fused-ring (bicyclic) bond motifs is 1. The van der Waals surface area contributed by atoms with E-state index < -0.39 is 0 Å². The Bertz CT molecular complexity index is 895. The van der Waals surface area contributed by atoms with Gasteiger partial charge in [0.15, 0.2) is 0 Å². The van der Waals surface area contributed by atoms with E-state index in [1.807, 2.05) is 53.4 Å². The van der Waals surface area contributed by atoms with Crippen LogP contribution in [0, 0.1) is 0 Å². The molecule has 0 saturated heterocycles. The van der Waals surface area contributed by atoms with Crippen LogP contribution in [0.15, 0.2) is 82.8 Å². The van der Waals surface area contributed by atoms with E-state index in [1.165, 1.54) is 22.9 Å². The molecule has 4 rings (SSSR count). The molecule has 0 fully saturated rings. The van der Waals surface area contributed by atoms with Crippen LogP contribution in [0.2, 0.25) is 0 Å². The number of hydrogen-bond acceptors (Lipinski definition) is 3. The van der Waals surface area contributed by atoms with Crippen LogP contribution in [0.25, 0.3) is 0 Å². The van der Waals surface area contributed by atoms with Gasteiger partial charge in [-0.25, -0.2) is 4.98 Å². The van der Waals surface area contributed by atoms with Gasteiger partial charge in [-0.15, -0.1) is 0 Å². The van der Waals surface area contributed by atoms with Gasteiger partial charge in [0.05, 0.1) is 5.56 Å². The lowest BCUT2D eigenvalue weighted by Gasteiger charge is -2.29. The molecule has 0 spiro atoms. The molecule has 0 N–H and O–H groups in total. The topological polar surface area (TPSA) is 33.2 Å². The summed E-state index contributed by atoms with van der Waals surface area (Å²) in [6.07, 6.45) is 2.65. The highest BCUT2D eigenvalue weighted by Gasteiger charge is 2.24. The third-order valence-corrected chi connectivity index (χ3v) is 5.40. The Labute approximate surface area is 151 Å². The number of hydrogen-bond donors (Lipinski definition) is 0. The molecule has 3 aromatic rings. The largest absolute Gasteiger partial charge is 0.334 e. The summed E-state index contributed by atoms with van der Waals surface area (Å²) in [5.74, 6) is 0.0565. The van der Waals surface area contributed by atoms with E-state index in [1.54, 1.807) is 6.20 Å². The molecule has 0 bridgehead atoms. The molecular weight excluding hydrogens is 328 g/mol. The van der Waals surface area contributed by atoms with Crippen LogP contribution in [-0.2, 0) is 13.0 Å². The van der Waals surface area contributed by atoms with Crippen molar-refractivity contribution >= 4 is 17.7 Å². The predicted octanol–water partition coefficient (Wildman–Crippen LogP) is 4.43. The molecule has 2 heterocycles. The van der Waals surface area contributed by atoms with Crippen molar-refractivity contribution in [3.63, 3.8) is 0 Å². The number of carbonyl (C=O) groups is 1. The van der Waals surface area contributed by atoms with Gasteiger partial charge < -0.3 is 4.90 Å². The van der Waals surface area contributed by atoms with Crippen molar-refractivity contribution in [2.24, 2.45) is 0 Å². The average Bonchev–Trinajstić information content (AvgIpc) is 2.68. The van der Waals surface area contributed by atoms with E-state index in [-0.39, 0.29) is 5.91 Å². The summed E-state index contributed by atoms with van der Waals surface area (Å²) in [6, 6.07) is 22.1. The van der Waals surface area contributed by atoms with Gasteiger partial charge in [0, 0.05) is 24.2 Å². The lowest BCUT2D eigenvalue weighted by Crippen LogP contribution is -2.36. The van der Waals surface area contributed by atoms with Gasteiger partial charge in [0.1, 0.15) is 5.03 Å². The molecule has 0 saturated carbocycles. The van der Waals surface area contributed by atoms with E-state index in [0.29, 0.717) is 12.1 Å². The van der Waals surface area contributed by atoms with Crippen molar-refractivity contribution < 1.29 is 4.79 Å². The van der Waals surface area contributed by atoms with Crippen molar-refractivity contribution in [3.8, 4) is 0 Å². The molecule has 1 amide bonds. The molecule has 0 radical (unpaired) electrons. The molecular formula is C21H18N2OS. The fourth-order valence-electron chi connectivity index (χ4n) is 3.07. The van der Waals surface area contributed by atoms with E-state index in [2.05, 4.69) is 23.2 Å². The lowest BCUT2D eigenvalue weighted by molar-refractivity contribution is 0.0730. The Morgan fingerprint density at radius 1 is 0.920 bits per heavy atom. The van der Waals surface area contributed by atoms with E-state index in [4.69, 9.17) is 0 Å². The minimum Gasteiger partial charge on any atom is -0.334 e. The highest BCUT2D eigenvalue weighted by molar-refractivity contribution is 7.99. The fraction of sp³-hybridized carbons (Fsp3) is 0.143. The minimum atomic E-state index is 0.0565. The summed E-state index contributed by atoms with van der Waals surface area (Å²) in [5.41, 5.74) is 3.26. The highest BCUT2D eigenvalue weighted by Crippen LogP contribution is 2.30. The van der Waals surface area contributed by atoms with Gasteiger partial charge in [-0.2, -0.15) is 0 Å². The molecule has 3 nitrogen and oxygen atoms in total. The first-order valence-electron chi connectivity index (χ1n) is 8.35. The van der Waals surface area contributed by atoms with E-state index in [0.717, 1.165) is 22.9 Å². The van der Waals surface area contributed by atoms with Gasteiger partial charge >= 0.3 is 0 Å². The Hall–Kier alpha value is -2.59. The second-order valence-electron chi connectivity index (χ2n) is 6.02. The zero-order chi connectivity index (χ0) is 17.1. The number of benzene rings is 2. The Morgan fingerprint density at radius 2 is 1.68 bits per heavy atom. The van der Waals surface area contributed by atoms with Crippen LogP contribution in [0.3, 0.4) is 0 Å². The Morgan fingerprint density at radius 3 is 2.52 bits per heavy atom. The van der Waals surface area contributed by atoms with Gasteiger partial charge in [-0.05, 0) is 41.8 Å². The zero-order valence-corrected chi connectivity index (χ0v) is 14.6. The fourth-order valence-corrected chi connectivity index (χ4v) is 3.97. The molecule has 0 unspecified atom stereocenters. The normalized spacial score (nSPS) is 13.4. The van der Waals surface area contributed by atoms with Gasteiger partial charge in [0.2, 0.25) is 0 Å². The van der Waals surface area contributed by atoms with Crippen LogP contribution >= 0.6 is 11.8 Å². The molecule has 1 aliphatic rings. The molecule has 1 aliphatic heterocycles. The third-order valence-electron chi connectivity index (χ3n) is 4.38. The monoisotopic (exact) mass is 346 g/mol. The lowest BCUT2D eigenvalue weighted by atomic mass is 9.99. The smallest absolute Gasteiger partial charge is 0.256 e. The number of rotatable bonds is 3. The number of pyridine rings is 1. The first-order chi connectivity index (χ1) is 12.3. The molecule has 25 heavy (non-hydrogen) atoms. The van der Waals surface area contributed by atoms with Gasteiger partial charge in [0.25, 0.3) is 5.91 Å². The summed E-state index contributed by atoms with van der Waals surface area (Å²) >= 11 is 1.53. The van der Waals surface area contributed by atoms with Gasteiger partial charge in [-0.1, -0.05) is 54.2 Å². The quantitative estimate of drug-likeness (QED) is 0.703. The first-order valence-corrected chi connectivity index (χ1v) is 9.17. The van der Waals surface area contributed by atoms with Crippen LogP contribution in [0.1, 0.15) is 21.5 Å². The Balaban J connectivity index is 1.59. The number of amides is 1. The van der Waals surface area contributed by atoms with Gasteiger partial charge in [-0.3, -0.25) is 4.79 Å². The SMILES string of the molecule is O=C(c1cccnc1Sc1ccccc1)N1CCc2ccccc2C1. The van der Waals surface area contributed by atoms with Crippen molar-refractivity contribution in [2.45, 2.75) is 22.9 Å². The third kappa shape index (κ3) is 3.44. The standard InChI is InChI=1S/C21H18N2OS/c24-21(23-14-12-16-7-4-5-8-17(16)15-23)19-11-6-13-22-20(19)25-18-9-2-1-3-10-18/h1-11,13H,12,14-15H2. The van der Waals surface area contributed by atoms with E-state index in [9.17, 15) is 4.79 Å². The Kier molecular flexibility index (Phi) is 4.53. The van der Waals surface area contributed by atoms with E-state index >= 15 is 0 Å². The summed E-state index contributed by atoms with van der Waals surface area (Å²) in [5, 5.41) is 0.762. The van der Waals surface area contributed by atoms with Crippen LogP contribution in [-0.4, -0.2) is 22.3 Å². The second-order valence-corrected chi connectivity index (χ2v) is 7.08. The summed E-state index contributed by atoms with van der Waals surface area (Å²) in [4.78, 5) is 20.6. The number of carbonyl (C=O) groups excluding carboxylic acids is 1. The van der Waals surface area contributed by atoms with Crippen LogP contribution < -0.4 is 0 Å². The molecule has 1 aromatic heterocycles.